The Hall–Kier alpha value is -2.95. The van der Waals surface area contributed by atoms with Crippen LogP contribution in [-0.4, -0.2) is 24.7 Å². The Labute approximate surface area is 153 Å². The molecule has 0 aliphatic rings. The van der Waals surface area contributed by atoms with Crippen molar-refractivity contribution in [1.82, 2.24) is 24.7 Å². The number of nitrogens with zero attached hydrogens (tertiary/aromatic N) is 5. The summed E-state index contributed by atoms with van der Waals surface area (Å²) in [7, 11) is 0. The van der Waals surface area contributed by atoms with E-state index >= 15 is 0 Å². The first-order valence-corrected chi connectivity index (χ1v) is 8.52. The number of rotatable bonds is 4. The largest absolute Gasteiger partial charge is 0.417 e. The first-order valence-electron chi connectivity index (χ1n) is 7.53. The molecule has 0 atom stereocenters. The van der Waals surface area contributed by atoms with Gasteiger partial charge >= 0.3 is 6.18 Å². The molecule has 0 N–H and O–H groups in total. The fraction of sp³-hybridized carbons (Fsp3) is 0.125. The highest BCUT2D eigenvalue weighted by Crippen LogP contribution is 2.30. The van der Waals surface area contributed by atoms with Gasteiger partial charge in [0.15, 0.2) is 10.8 Å². The lowest BCUT2D eigenvalue weighted by Crippen LogP contribution is -2.06. The van der Waals surface area contributed by atoms with Gasteiger partial charge in [0.05, 0.1) is 11.3 Å². The van der Waals surface area contributed by atoms with E-state index in [0.717, 1.165) is 24.0 Å². The molecule has 6 nitrogen and oxygen atoms in total. The van der Waals surface area contributed by atoms with Gasteiger partial charge in [0, 0.05) is 11.8 Å². The number of benzene rings is 1. The zero-order valence-corrected chi connectivity index (χ0v) is 14.1. The van der Waals surface area contributed by atoms with Crippen LogP contribution < -0.4 is 0 Å². The van der Waals surface area contributed by atoms with Crippen molar-refractivity contribution in [2.45, 2.75) is 17.1 Å². The fourth-order valence-electron chi connectivity index (χ4n) is 2.29. The van der Waals surface area contributed by atoms with E-state index in [0.29, 0.717) is 11.2 Å². The Kier molecular flexibility index (Phi) is 4.30. The highest BCUT2D eigenvalue weighted by molar-refractivity contribution is 7.98. The zero-order valence-electron chi connectivity index (χ0n) is 13.3. The second-order valence-electron chi connectivity index (χ2n) is 5.43. The first kappa shape index (κ1) is 17.5. The van der Waals surface area contributed by atoms with Gasteiger partial charge in [0.2, 0.25) is 11.7 Å². The monoisotopic (exact) mass is 395 g/mol. The van der Waals surface area contributed by atoms with Gasteiger partial charge in [-0.05, 0) is 36.4 Å². The van der Waals surface area contributed by atoms with Crippen LogP contribution in [0, 0.1) is 5.82 Å². The summed E-state index contributed by atoms with van der Waals surface area (Å²) in [4.78, 5) is 4.19. The molecule has 0 fully saturated rings. The molecule has 11 heteroatoms. The van der Waals surface area contributed by atoms with Crippen LogP contribution in [0.25, 0.3) is 17.0 Å². The Morgan fingerprint density at radius 1 is 1.04 bits per heavy atom. The molecule has 1 aromatic carbocycles. The summed E-state index contributed by atoms with van der Waals surface area (Å²) in [6.45, 7) is 0. The minimum Gasteiger partial charge on any atom is -0.338 e. The molecule has 4 rings (SSSR count). The molecule has 0 amide bonds. The van der Waals surface area contributed by atoms with E-state index in [1.807, 2.05) is 0 Å². The van der Waals surface area contributed by atoms with Crippen molar-refractivity contribution in [1.29, 1.82) is 0 Å². The van der Waals surface area contributed by atoms with Gasteiger partial charge in [-0.25, -0.2) is 4.39 Å². The molecule has 27 heavy (non-hydrogen) atoms. The quantitative estimate of drug-likeness (QED) is 0.381. The van der Waals surface area contributed by atoms with E-state index in [1.165, 1.54) is 34.7 Å². The van der Waals surface area contributed by atoms with Gasteiger partial charge in [-0.15, -0.1) is 10.2 Å². The van der Waals surface area contributed by atoms with Crippen LogP contribution in [-0.2, 0) is 11.9 Å². The number of pyridine rings is 1. The van der Waals surface area contributed by atoms with Crippen molar-refractivity contribution in [3.8, 4) is 11.4 Å². The van der Waals surface area contributed by atoms with Crippen molar-refractivity contribution >= 4 is 17.4 Å². The SMILES string of the molecule is Fc1ccc(-c2noc(CSc3nnc4ccc(C(F)(F)F)cn34)n2)cc1. The summed E-state index contributed by atoms with van der Waals surface area (Å²) < 4.78 is 58.0. The lowest BCUT2D eigenvalue weighted by atomic mass is 10.2. The molecule has 0 aliphatic heterocycles. The van der Waals surface area contributed by atoms with Crippen molar-refractivity contribution in [2.75, 3.05) is 0 Å². The molecule has 0 spiro atoms. The average Bonchev–Trinajstić information content (AvgIpc) is 3.26. The van der Waals surface area contributed by atoms with Crippen molar-refractivity contribution in [2.24, 2.45) is 0 Å². The lowest BCUT2D eigenvalue weighted by Gasteiger charge is -2.06. The normalized spacial score (nSPS) is 12.0. The van der Waals surface area contributed by atoms with Gasteiger partial charge in [-0.2, -0.15) is 18.2 Å². The number of fused-ring (bicyclic) bond motifs is 1. The van der Waals surface area contributed by atoms with Crippen molar-refractivity contribution < 1.29 is 22.1 Å². The van der Waals surface area contributed by atoms with Gasteiger partial charge in [-0.3, -0.25) is 4.40 Å². The lowest BCUT2D eigenvalue weighted by molar-refractivity contribution is -0.137. The minimum absolute atomic E-state index is 0.186. The predicted octanol–water partition coefficient (Wildman–Crippen LogP) is 4.23. The Morgan fingerprint density at radius 3 is 2.56 bits per heavy atom. The van der Waals surface area contributed by atoms with E-state index in [2.05, 4.69) is 20.3 Å². The summed E-state index contributed by atoms with van der Waals surface area (Å²) >= 11 is 1.11. The fourth-order valence-corrected chi connectivity index (χ4v) is 3.05. The summed E-state index contributed by atoms with van der Waals surface area (Å²) in [5.41, 5.74) is 0.0789. The van der Waals surface area contributed by atoms with E-state index < -0.39 is 11.7 Å². The van der Waals surface area contributed by atoms with E-state index in [4.69, 9.17) is 4.52 Å². The van der Waals surface area contributed by atoms with Crippen LogP contribution in [0.15, 0.2) is 52.3 Å². The second-order valence-corrected chi connectivity index (χ2v) is 6.38. The van der Waals surface area contributed by atoms with Crippen molar-refractivity contribution in [3.05, 3.63) is 59.9 Å². The number of halogens is 4. The van der Waals surface area contributed by atoms with Crippen LogP contribution in [0.1, 0.15) is 11.5 Å². The minimum atomic E-state index is -4.46. The molecule has 138 valence electrons. The van der Waals surface area contributed by atoms with Crippen LogP contribution in [0.4, 0.5) is 17.6 Å². The van der Waals surface area contributed by atoms with Crippen LogP contribution in [0.2, 0.25) is 0 Å². The smallest absolute Gasteiger partial charge is 0.338 e. The number of hydrogen-bond acceptors (Lipinski definition) is 6. The summed E-state index contributed by atoms with van der Waals surface area (Å²) in [6, 6.07) is 7.79. The maximum Gasteiger partial charge on any atom is 0.417 e. The molecule has 0 aliphatic carbocycles. The third-order valence-electron chi connectivity index (χ3n) is 3.59. The van der Waals surface area contributed by atoms with Crippen LogP contribution in [0.5, 0.6) is 0 Å². The highest BCUT2D eigenvalue weighted by Gasteiger charge is 2.31. The number of hydrogen-bond donors (Lipinski definition) is 0. The van der Waals surface area contributed by atoms with E-state index in [-0.39, 0.29) is 28.4 Å². The topological polar surface area (TPSA) is 69.1 Å². The van der Waals surface area contributed by atoms with Gasteiger partial charge in [0.1, 0.15) is 5.82 Å². The van der Waals surface area contributed by atoms with Crippen LogP contribution >= 0.6 is 11.8 Å². The Balaban J connectivity index is 1.53. The first-order chi connectivity index (χ1) is 12.9. The summed E-state index contributed by atoms with van der Waals surface area (Å²) in [6.07, 6.45) is -3.52. The summed E-state index contributed by atoms with van der Waals surface area (Å²) in [5.74, 6) is 0.347. The highest BCUT2D eigenvalue weighted by atomic mass is 32.2. The number of alkyl halides is 3. The molecule has 0 radical (unpaired) electrons. The molecule has 4 aromatic rings. The maximum atomic E-state index is 13.0. The predicted molar refractivity (Wildman–Crippen MR) is 87.2 cm³/mol. The molecular weight excluding hydrogens is 386 g/mol. The molecule has 3 aromatic heterocycles. The zero-order chi connectivity index (χ0) is 19.0. The van der Waals surface area contributed by atoms with E-state index in [1.54, 1.807) is 0 Å². The Morgan fingerprint density at radius 2 is 1.81 bits per heavy atom. The molecule has 0 saturated heterocycles. The third-order valence-corrected chi connectivity index (χ3v) is 4.52. The van der Waals surface area contributed by atoms with Crippen molar-refractivity contribution in [3.63, 3.8) is 0 Å². The number of thioether (sulfide) groups is 1. The van der Waals surface area contributed by atoms with E-state index in [9.17, 15) is 17.6 Å². The molecule has 0 bridgehead atoms. The number of aromatic nitrogens is 5. The Bertz CT molecular complexity index is 1090. The molecule has 0 unspecified atom stereocenters. The summed E-state index contributed by atoms with van der Waals surface area (Å²) in [5, 5.41) is 11.8. The average molecular weight is 395 g/mol. The third kappa shape index (κ3) is 3.63. The maximum absolute atomic E-state index is 13.0. The van der Waals surface area contributed by atoms with Gasteiger partial charge < -0.3 is 4.52 Å². The van der Waals surface area contributed by atoms with Gasteiger partial charge in [0.25, 0.3) is 0 Å². The standard InChI is InChI=1S/C16H9F4N5OS/c17-11-4-1-9(2-5-11)14-21-13(26-24-14)8-27-15-23-22-12-6-3-10(7-25(12)15)16(18,19)20/h1-7H,8H2. The van der Waals surface area contributed by atoms with Gasteiger partial charge in [-0.1, -0.05) is 16.9 Å². The second kappa shape index (κ2) is 6.65. The molecular formula is C16H9F4N5OS. The molecule has 0 saturated carbocycles. The van der Waals surface area contributed by atoms with Crippen LogP contribution in [0.3, 0.4) is 0 Å². The molecule has 3 heterocycles.